The van der Waals surface area contributed by atoms with Crippen molar-refractivity contribution in [1.82, 2.24) is 14.7 Å². The Hall–Kier alpha value is -2.37. The SMILES string of the molecule is Cc1cc(N2CCOCC2)nc(NCCNS(=O)(=O)c2cc(F)cc(F)c2)n1. The maximum Gasteiger partial charge on any atom is 0.240 e. The maximum atomic E-state index is 13.2. The van der Waals surface area contributed by atoms with Crippen LogP contribution in [0.4, 0.5) is 20.5 Å². The fourth-order valence-corrected chi connectivity index (χ4v) is 3.79. The minimum absolute atomic E-state index is 0.00927. The Balaban J connectivity index is 1.58. The Bertz CT molecular complexity index is 916. The molecular weight excluding hydrogens is 392 g/mol. The van der Waals surface area contributed by atoms with Gasteiger partial charge in [0.2, 0.25) is 16.0 Å². The van der Waals surface area contributed by atoms with Crippen molar-refractivity contribution < 1.29 is 21.9 Å². The smallest absolute Gasteiger partial charge is 0.240 e. The molecule has 2 heterocycles. The third-order valence-corrected chi connectivity index (χ3v) is 5.46. The lowest BCUT2D eigenvalue weighted by atomic mass is 10.3. The number of morpholine rings is 1. The van der Waals surface area contributed by atoms with E-state index in [1.165, 1.54) is 0 Å². The van der Waals surface area contributed by atoms with Gasteiger partial charge in [-0.1, -0.05) is 0 Å². The van der Waals surface area contributed by atoms with Crippen molar-refractivity contribution in [2.24, 2.45) is 0 Å². The maximum absolute atomic E-state index is 13.2. The van der Waals surface area contributed by atoms with Crippen molar-refractivity contribution in [2.75, 3.05) is 49.6 Å². The van der Waals surface area contributed by atoms with Gasteiger partial charge in [-0.3, -0.25) is 0 Å². The summed E-state index contributed by atoms with van der Waals surface area (Å²) < 4.78 is 58.3. The van der Waals surface area contributed by atoms with Crippen LogP contribution in [0.15, 0.2) is 29.2 Å². The van der Waals surface area contributed by atoms with Gasteiger partial charge in [-0.25, -0.2) is 26.9 Å². The lowest BCUT2D eigenvalue weighted by Crippen LogP contribution is -2.37. The van der Waals surface area contributed by atoms with Crippen LogP contribution in [-0.4, -0.2) is 57.8 Å². The Morgan fingerprint density at radius 3 is 2.43 bits per heavy atom. The highest BCUT2D eigenvalue weighted by molar-refractivity contribution is 7.89. The van der Waals surface area contributed by atoms with Gasteiger partial charge in [0, 0.05) is 44.0 Å². The standard InChI is InChI=1S/C17H21F2N5O3S/c1-12-8-16(24-4-6-27-7-5-24)23-17(22-12)20-2-3-21-28(25,26)15-10-13(18)9-14(19)11-15/h8-11,21H,2-7H2,1H3,(H,20,22,23). The van der Waals surface area contributed by atoms with Crippen molar-refractivity contribution >= 4 is 21.8 Å². The summed E-state index contributed by atoms with van der Waals surface area (Å²) in [5.74, 6) is -0.767. The number of ether oxygens (including phenoxy) is 1. The van der Waals surface area contributed by atoms with E-state index in [0.29, 0.717) is 25.2 Å². The molecule has 152 valence electrons. The quantitative estimate of drug-likeness (QED) is 0.661. The van der Waals surface area contributed by atoms with Gasteiger partial charge in [0.15, 0.2) is 0 Å². The van der Waals surface area contributed by atoms with Crippen molar-refractivity contribution in [1.29, 1.82) is 0 Å². The summed E-state index contributed by atoms with van der Waals surface area (Å²) >= 11 is 0. The molecule has 1 fully saturated rings. The predicted octanol–water partition coefficient (Wildman–Crippen LogP) is 1.29. The summed E-state index contributed by atoms with van der Waals surface area (Å²) in [6.45, 7) is 4.77. The van der Waals surface area contributed by atoms with Crippen LogP contribution in [0.2, 0.25) is 0 Å². The van der Waals surface area contributed by atoms with Crippen LogP contribution in [-0.2, 0) is 14.8 Å². The highest BCUT2D eigenvalue weighted by Gasteiger charge is 2.17. The summed E-state index contributed by atoms with van der Waals surface area (Å²) in [5.41, 5.74) is 0.773. The monoisotopic (exact) mass is 413 g/mol. The van der Waals surface area contributed by atoms with Crippen LogP contribution in [0, 0.1) is 18.6 Å². The van der Waals surface area contributed by atoms with Crippen LogP contribution in [0.3, 0.4) is 0 Å². The third-order valence-electron chi connectivity index (χ3n) is 4.02. The first-order chi connectivity index (χ1) is 13.3. The molecule has 1 aromatic carbocycles. The zero-order chi connectivity index (χ0) is 20.1. The molecule has 1 saturated heterocycles. The van der Waals surface area contributed by atoms with E-state index >= 15 is 0 Å². The fraction of sp³-hybridized carbons (Fsp3) is 0.412. The molecule has 11 heteroatoms. The summed E-state index contributed by atoms with van der Waals surface area (Å²) in [6.07, 6.45) is 0. The second kappa shape index (κ2) is 8.76. The number of nitrogens with one attached hydrogen (secondary N) is 2. The van der Waals surface area contributed by atoms with Gasteiger partial charge >= 0.3 is 0 Å². The number of nitrogens with zero attached hydrogens (tertiary/aromatic N) is 3. The number of sulfonamides is 1. The van der Waals surface area contributed by atoms with Gasteiger partial charge in [-0.2, -0.15) is 4.98 Å². The zero-order valence-electron chi connectivity index (χ0n) is 15.3. The van der Waals surface area contributed by atoms with Crippen LogP contribution >= 0.6 is 0 Å². The van der Waals surface area contributed by atoms with Gasteiger partial charge in [-0.05, 0) is 19.1 Å². The molecule has 3 rings (SSSR count). The van der Waals surface area contributed by atoms with E-state index in [1.807, 2.05) is 13.0 Å². The highest BCUT2D eigenvalue weighted by Crippen LogP contribution is 2.16. The predicted molar refractivity (Wildman–Crippen MR) is 99.8 cm³/mol. The Morgan fingerprint density at radius 1 is 1.07 bits per heavy atom. The summed E-state index contributed by atoms with van der Waals surface area (Å²) in [4.78, 5) is 10.4. The molecule has 0 spiro atoms. The van der Waals surface area contributed by atoms with E-state index in [2.05, 4.69) is 24.9 Å². The van der Waals surface area contributed by atoms with E-state index in [0.717, 1.165) is 36.7 Å². The summed E-state index contributed by atoms with van der Waals surface area (Å²) in [6, 6.07) is 4.01. The van der Waals surface area contributed by atoms with Gasteiger partial charge in [0.05, 0.1) is 18.1 Å². The second-order valence-corrected chi connectivity index (χ2v) is 7.99. The number of anilines is 2. The van der Waals surface area contributed by atoms with Crippen molar-refractivity contribution in [3.63, 3.8) is 0 Å². The molecule has 0 unspecified atom stereocenters. The molecule has 1 aliphatic heterocycles. The van der Waals surface area contributed by atoms with Crippen LogP contribution in [0.25, 0.3) is 0 Å². The molecule has 0 aliphatic carbocycles. The molecule has 0 saturated carbocycles. The number of rotatable bonds is 7. The third kappa shape index (κ3) is 5.33. The van der Waals surface area contributed by atoms with E-state index in [-0.39, 0.29) is 13.1 Å². The molecule has 2 aromatic rings. The molecule has 0 bridgehead atoms. The molecule has 0 amide bonds. The Kier molecular flexibility index (Phi) is 6.37. The van der Waals surface area contributed by atoms with Crippen molar-refractivity contribution in [2.45, 2.75) is 11.8 Å². The normalized spacial score (nSPS) is 14.9. The number of aromatic nitrogens is 2. The molecule has 28 heavy (non-hydrogen) atoms. The highest BCUT2D eigenvalue weighted by atomic mass is 32.2. The first-order valence-electron chi connectivity index (χ1n) is 8.71. The number of aryl methyl sites for hydroxylation is 1. The van der Waals surface area contributed by atoms with Gasteiger partial charge in [-0.15, -0.1) is 0 Å². The lowest BCUT2D eigenvalue weighted by Gasteiger charge is -2.28. The number of hydrogen-bond donors (Lipinski definition) is 2. The van der Waals surface area contributed by atoms with Crippen LogP contribution in [0.5, 0.6) is 0 Å². The van der Waals surface area contributed by atoms with Gasteiger partial charge in [0.1, 0.15) is 17.5 Å². The largest absolute Gasteiger partial charge is 0.378 e. The average Bonchev–Trinajstić information content (AvgIpc) is 2.65. The second-order valence-electron chi connectivity index (χ2n) is 6.22. The Labute approximate surface area is 162 Å². The Morgan fingerprint density at radius 2 is 1.75 bits per heavy atom. The fourth-order valence-electron chi connectivity index (χ4n) is 2.71. The lowest BCUT2D eigenvalue weighted by molar-refractivity contribution is 0.122. The van der Waals surface area contributed by atoms with Gasteiger partial charge in [0.25, 0.3) is 0 Å². The molecule has 8 nitrogen and oxygen atoms in total. The van der Waals surface area contributed by atoms with Crippen LogP contribution in [0.1, 0.15) is 5.69 Å². The minimum atomic E-state index is -4.03. The number of hydrogen-bond acceptors (Lipinski definition) is 7. The number of benzene rings is 1. The van der Waals surface area contributed by atoms with Crippen molar-refractivity contribution in [3.8, 4) is 0 Å². The van der Waals surface area contributed by atoms with E-state index in [4.69, 9.17) is 4.74 Å². The molecular formula is C17H21F2N5O3S. The van der Waals surface area contributed by atoms with Crippen LogP contribution < -0.4 is 14.9 Å². The zero-order valence-corrected chi connectivity index (χ0v) is 16.1. The average molecular weight is 413 g/mol. The van der Waals surface area contributed by atoms with E-state index in [9.17, 15) is 17.2 Å². The van der Waals surface area contributed by atoms with Crippen molar-refractivity contribution in [3.05, 3.63) is 41.6 Å². The first kappa shape index (κ1) is 20.4. The van der Waals surface area contributed by atoms with Gasteiger partial charge < -0.3 is 15.0 Å². The van der Waals surface area contributed by atoms with E-state index in [1.54, 1.807) is 0 Å². The topological polar surface area (TPSA) is 96.5 Å². The molecule has 1 aliphatic rings. The minimum Gasteiger partial charge on any atom is -0.378 e. The summed E-state index contributed by atoms with van der Waals surface area (Å²) in [5, 5.41) is 2.96. The summed E-state index contributed by atoms with van der Waals surface area (Å²) in [7, 11) is -4.03. The van der Waals surface area contributed by atoms with E-state index < -0.39 is 26.6 Å². The first-order valence-corrected chi connectivity index (χ1v) is 10.2. The molecule has 0 atom stereocenters. The number of halogens is 2. The molecule has 2 N–H and O–H groups in total. The molecule has 0 radical (unpaired) electrons. The molecule has 1 aromatic heterocycles.